The number of rotatable bonds is 3. The summed E-state index contributed by atoms with van der Waals surface area (Å²) in [5, 5.41) is 4.64. The number of hydrogen-bond acceptors (Lipinski definition) is 3. The lowest BCUT2D eigenvalue weighted by Gasteiger charge is -2.15. The highest BCUT2D eigenvalue weighted by Crippen LogP contribution is 2.37. The van der Waals surface area contributed by atoms with E-state index in [0.29, 0.717) is 0 Å². The number of alkyl halides is 6. The molecule has 0 aliphatic heterocycles. The van der Waals surface area contributed by atoms with Gasteiger partial charge in [0.25, 0.3) is 6.43 Å². The van der Waals surface area contributed by atoms with Crippen molar-refractivity contribution in [2.45, 2.75) is 23.4 Å². The summed E-state index contributed by atoms with van der Waals surface area (Å²) < 4.78 is 85.3. The van der Waals surface area contributed by atoms with Gasteiger partial charge in [-0.2, -0.15) is 13.2 Å². The van der Waals surface area contributed by atoms with Crippen LogP contribution in [0.2, 0.25) is 0 Å². The van der Waals surface area contributed by atoms with Gasteiger partial charge in [-0.3, -0.25) is 0 Å². The van der Waals surface area contributed by atoms with Crippen molar-refractivity contribution in [3.8, 4) is 0 Å². The van der Waals surface area contributed by atoms with E-state index in [-0.39, 0.29) is 6.07 Å². The van der Waals surface area contributed by atoms with Crippen LogP contribution < -0.4 is 5.14 Å². The van der Waals surface area contributed by atoms with Gasteiger partial charge in [0, 0.05) is 0 Å². The summed E-state index contributed by atoms with van der Waals surface area (Å²) in [5.41, 5.74) is -3.90. The van der Waals surface area contributed by atoms with Gasteiger partial charge in [-0.25, -0.2) is 27.3 Å². The minimum absolute atomic E-state index is 0.0551. The third kappa shape index (κ3) is 3.51. The summed E-state index contributed by atoms with van der Waals surface area (Å²) in [4.78, 5) is 1.70. The highest BCUT2D eigenvalue weighted by molar-refractivity contribution is 7.89. The Bertz CT molecular complexity index is 588. The summed E-state index contributed by atoms with van der Waals surface area (Å²) in [5.74, 6) is -0.810. The molecule has 0 saturated carbocycles. The number of halogens is 6. The van der Waals surface area contributed by atoms with Crippen molar-refractivity contribution >= 4 is 21.6 Å². The van der Waals surface area contributed by atoms with Crippen LogP contribution in [0.1, 0.15) is 23.4 Å². The average molecular weight is 325 g/mol. The van der Waals surface area contributed by atoms with Gasteiger partial charge < -0.3 is 0 Å². The number of nitrogens with zero attached hydrogens (tertiary/aromatic N) is 1. The fraction of sp³-hybridized carbons (Fsp3) is 0.375. The largest absolute Gasteiger partial charge is 0.417 e. The molecule has 0 bridgehead atoms. The molecule has 0 unspecified atom stereocenters. The monoisotopic (exact) mass is 324 g/mol. The van der Waals surface area contributed by atoms with Crippen molar-refractivity contribution in [1.29, 1.82) is 0 Å². The van der Waals surface area contributed by atoms with E-state index in [0.717, 1.165) is 0 Å². The first kappa shape index (κ1) is 16.1. The summed E-state index contributed by atoms with van der Waals surface area (Å²) in [6, 6.07) is -0.0551. The summed E-state index contributed by atoms with van der Waals surface area (Å²) in [7, 11) is -4.81. The van der Waals surface area contributed by atoms with E-state index in [1.807, 2.05) is 0 Å². The van der Waals surface area contributed by atoms with Crippen LogP contribution in [0.25, 0.3) is 0 Å². The smallest absolute Gasteiger partial charge is 0.249 e. The number of pyridine rings is 1. The predicted molar refractivity (Wildman–Crippen MR) is 55.1 cm³/mol. The molecule has 1 aromatic rings. The lowest BCUT2D eigenvalue weighted by Crippen LogP contribution is -2.22. The van der Waals surface area contributed by atoms with Crippen molar-refractivity contribution in [3.05, 3.63) is 23.0 Å². The molecule has 0 saturated heterocycles. The first-order valence-electron chi connectivity index (χ1n) is 4.46. The molecule has 0 fully saturated rings. The zero-order valence-corrected chi connectivity index (χ0v) is 10.5. The zero-order chi connectivity index (χ0) is 15.0. The van der Waals surface area contributed by atoms with Crippen LogP contribution in [0, 0.1) is 0 Å². The van der Waals surface area contributed by atoms with Crippen LogP contribution in [0.15, 0.2) is 11.0 Å². The van der Waals surface area contributed by atoms with E-state index in [1.165, 1.54) is 0 Å². The molecule has 11 heteroatoms. The van der Waals surface area contributed by atoms with E-state index >= 15 is 0 Å². The minimum Gasteiger partial charge on any atom is -0.249 e. The first-order chi connectivity index (χ1) is 8.48. The van der Waals surface area contributed by atoms with Crippen LogP contribution in [-0.4, -0.2) is 13.4 Å². The molecule has 108 valence electrons. The second-order valence-corrected chi connectivity index (χ2v) is 5.11. The van der Waals surface area contributed by atoms with Gasteiger partial charge in [-0.1, -0.05) is 0 Å². The van der Waals surface area contributed by atoms with E-state index in [2.05, 4.69) is 10.1 Å². The van der Waals surface area contributed by atoms with Crippen molar-refractivity contribution in [2.24, 2.45) is 5.14 Å². The molecule has 1 rings (SSSR count). The Hall–Kier alpha value is -1.00. The molecule has 0 spiro atoms. The summed E-state index contributed by atoms with van der Waals surface area (Å²) in [6.07, 6.45) is -8.49. The number of hydrogen-bond donors (Lipinski definition) is 1. The molecule has 19 heavy (non-hydrogen) atoms. The maximum absolute atomic E-state index is 12.7. The first-order valence-corrected chi connectivity index (χ1v) is 6.54. The Morgan fingerprint density at radius 1 is 1.37 bits per heavy atom. The Kier molecular flexibility index (Phi) is 4.37. The minimum atomic E-state index is -5.19. The highest BCUT2D eigenvalue weighted by Gasteiger charge is 2.39. The van der Waals surface area contributed by atoms with Crippen molar-refractivity contribution < 1.29 is 30.4 Å². The van der Waals surface area contributed by atoms with Gasteiger partial charge >= 0.3 is 6.18 Å². The fourth-order valence-corrected chi connectivity index (χ4v) is 2.54. The molecule has 0 amide bonds. The second-order valence-electron chi connectivity index (χ2n) is 3.35. The van der Waals surface area contributed by atoms with Crippen LogP contribution in [0.5, 0.6) is 0 Å². The molecular weight excluding hydrogens is 319 g/mol. The molecule has 1 heterocycles. The SMILES string of the molecule is NS(=O)(=O)c1c(C(F)(F)F)cc(C(F)F)nc1CCl. The van der Waals surface area contributed by atoms with Gasteiger partial charge in [0.1, 0.15) is 10.6 Å². The molecule has 0 aliphatic carbocycles. The van der Waals surface area contributed by atoms with Crippen LogP contribution >= 0.6 is 11.6 Å². The van der Waals surface area contributed by atoms with Gasteiger partial charge in [0.15, 0.2) is 0 Å². The molecule has 1 aromatic heterocycles. The van der Waals surface area contributed by atoms with E-state index in [9.17, 15) is 30.4 Å². The van der Waals surface area contributed by atoms with E-state index < -0.39 is 50.4 Å². The summed E-state index contributed by atoms with van der Waals surface area (Å²) in [6.45, 7) is 0. The third-order valence-electron chi connectivity index (χ3n) is 2.00. The van der Waals surface area contributed by atoms with Crippen LogP contribution in [0.4, 0.5) is 22.0 Å². The van der Waals surface area contributed by atoms with Gasteiger partial charge in [0.05, 0.1) is 17.1 Å². The zero-order valence-electron chi connectivity index (χ0n) is 8.88. The molecule has 0 aromatic carbocycles. The molecule has 2 N–H and O–H groups in total. The number of sulfonamides is 1. The predicted octanol–water partition coefficient (Wildman–Crippen LogP) is 2.42. The number of aromatic nitrogens is 1. The molecule has 4 nitrogen and oxygen atoms in total. The molecule has 0 radical (unpaired) electrons. The maximum Gasteiger partial charge on any atom is 0.417 e. The Morgan fingerprint density at radius 2 is 1.89 bits per heavy atom. The van der Waals surface area contributed by atoms with Gasteiger partial charge in [-0.15, -0.1) is 11.6 Å². The number of nitrogens with two attached hydrogens (primary N) is 1. The summed E-state index contributed by atoms with van der Waals surface area (Å²) >= 11 is 5.24. The van der Waals surface area contributed by atoms with E-state index in [4.69, 9.17) is 11.6 Å². The second kappa shape index (κ2) is 5.17. The number of primary sulfonamides is 1. The lowest BCUT2D eigenvalue weighted by molar-refractivity contribution is -0.140. The molecular formula is C8H6ClF5N2O2S. The quantitative estimate of drug-likeness (QED) is 0.685. The standard InChI is InChI=1S/C8H6ClF5N2O2S/c9-2-5-6(19(15,17)18)3(8(12,13)14)1-4(16-5)7(10)11/h1,7H,2H2,(H2,15,17,18). The third-order valence-corrected chi connectivity index (χ3v) is 3.28. The Labute approximate surface area is 109 Å². The van der Waals surface area contributed by atoms with Crippen LogP contribution in [-0.2, 0) is 22.1 Å². The Balaban J connectivity index is 3.79. The van der Waals surface area contributed by atoms with Crippen LogP contribution in [0.3, 0.4) is 0 Å². The molecule has 0 aliphatic rings. The topological polar surface area (TPSA) is 73.1 Å². The van der Waals surface area contributed by atoms with Gasteiger partial charge in [-0.05, 0) is 6.07 Å². The van der Waals surface area contributed by atoms with Crippen molar-refractivity contribution in [3.63, 3.8) is 0 Å². The average Bonchev–Trinajstić information content (AvgIpc) is 2.24. The normalized spacial score (nSPS) is 13.1. The van der Waals surface area contributed by atoms with Crippen molar-refractivity contribution in [2.75, 3.05) is 0 Å². The lowest BCUT2D eigenvalue weighted by atomic mass is 10.2. The fourth-order valence-electron chi connectivity index (χ4n) is 1.34. The Morgan fingerprint density at radius 3 is 2.21 bits per heavy atom. The van der Waals surface area contributed by atoms with Gasteiger partial charge in [0.2, 0.25) is 10.0 Å². The van der Waals surface area contributed by atoms with E-state index in [1.54, 1.807) is 0 Å². The van der Waals surface area contributed by atoms with Crippen molar-refractivity contribution in [1.82, 2.24) is 4.98 Å². The highest BCUT2D eigenvalue weighted by atomic mass is 35.5. The maximum atomic E-state index is 12.7. The molecule has 0 atom stereocenters.